The van der Waals surface area contributed by atoms with Crippen molar-refractivity contribution in [3.63, 3.8) is 0 Å². The van der Waals surface area contributed by atoms with E-state index in [0.717, 1.165) is 0 Å². The van der Waals surface area contributed by atoms with Gasteiger partial charge in [0.25, 0.3) is 5.91 Å². The molecule has 1 aromatic carbocycles. The molecule has 212 valence electrons. The number of amides is 1. The fraction of sp³-hybridized carbons (Fsp3) is 0.519. The number of nitrogens with two attached hydrogens (primary N) is 1. The largest absolute Gasteiger partial charge is 0.508 e. The highest BCUT2D eigenvalue weighted by atomic mass is 16.5. The highest BCUT2D eigenvalue weighted by Crippen LogP contribution is 2.58. The van der Waals surface area contributed by atoms with E-state index in [4.69, 9.17) is 10.5 Å². The zero-order valence-electron chi connectivity index (χ0n) is 22.7. The summed E-state index contributed by atoms with van der Waals surface area (Å²) in [5.41, 5.74) is 1.84. The van der Waals surface area contributed by atoms with Crippen molar-refractivity contribution in [1.29, 1.82) is 0 Å². The summed E-state index contributed by atoms with van der Waals surface area (Å²) in [6, 6.07) is 1.94. The van der Waals surface area contributed by atoms with Gasteiger partial charge in [0.1, 0.15) is 22.8 Å². The monoisotopic (exact) mass is 544 g/mol. The van der Waals surface area contributed by atoms with Crippen molar-refractivity contribution in [2.24, 2.45) is 17.1 Å². The van der Waals surface area contributed by atoms with Gasteiger partial charge in [0, 0.05) is 56.9 Å². The SMILES string of the molecule is COCCNC[C@@]12Cc3c(N(C)C)ccc(O)c3C(O)=C1C(=O)[C@]1(O)C(O)=C(C(N)=O)C(=O)[C@@H](N(C)C)[C@@H]1C2. The second kappa shape index (κ2) is 9.94. The topological polar surface area (TPSA) is 186 Å². The number of carbonyl (C=O) groups is 3. The van der Waals surface area contributed by atoms with Crippen molar-refractivity contribution in [1.82, 2.24) is 10.2 Å². The fourth-order valence-corrected chi connectivity index (χ4v) is 6.56. The third-order valence-corrected chi connectivity index (χ3v) is 8.23. The number of Topliss-reactive ketones (excluding diaryl/α,β-unsaturated/α-hetero) is 2. The zero-order valence-corrected chi connectivity index (χ0v) is 22.7. The maximum Gasteiger partial charge on any atom is 0.255 e. The number of benzene rings is 1. The second-order valence-electron chi connectivity index (χ2n) is 11.0. The van der Waals surface area contributed by atoms with E-state index in [0.29, 0.717) is 24.4 Å². The van der Waals surface area contributed by atoms with Crippen LogP contribution in [0, 0.1) is 11.3 Å². The van der Waals surface area contributed by atoms with Crippen LogP contribution in [-0.4, -0.2) is 109 Å². The number of nitrogens with zero attached hydrogens (tertiary/aromatic N) is 2. The van der Waals surface area contributed by atoms with Gasteiger partial charge in [-0.25, -0.2) is 0 Å². The quantitative estimate of drug-likeness (QED) is 0.185. The number of aliphatic hydroxyl groups excluding tert-OH is 2. The molecule has 7 N–H and O–H groups in total. The standard InChI is InChI=1S/C27H36N4O8/c1-30(2)15-6-7-16(32)17-13(15)10-26(12-29-8-9-39-5)11-14-20(31(3)4)22(34)18(25(28)37)23(35)27(14,38)24(36)19(26)21(17)33/h6-7,14,20,29,32-33,35,38H,8-12H2,1-5H3,(H2,28,37)/t14-,20-,26-,27+/m0/s1. The molecule has 1 saturated carbocycles. The minimum atomic E-state index is -2.71. The first-order valence-corrected chi connectivity index (χ1v) is 12.6. The molecule has 1 aromatic rings. The number of ketones is 2. The summed E-state index contributed by atoms with van der Waals surface area (Å²) in [6.45, 7) is 0.931. The molecule has 4 atom stereocenters. The molecule has 0 spiro atoms. The number of anilines is 1. The van der Waals surface area contributed by atoms with Gasteiger partial charge in [0.2, 0.25) is 5.78 Å². The highest BCUT2D eigenvalue weighted by molar-refractivity contribution is 6.24. The number of fused-ring (bicyclic) bond motifs is 3. The fourth-order valence-electron chi connectivity index (χ4n) is 6.56. The zero-order chi connectivity index (χ0) is 29.0. The Hall–Kier alpha value is -3.45. The predicted octanol–water partition coefficient (Wildman–Crippen LogP) is -0.364. The third-order valence-electron chi connectivity index (χ3n) is 8.23. The number of hydrogen-bond donors (Lipinski definition) is 6. The van der Waals surface area contributed by atoms with Gasteiger partial charge in [-0.3, -0.25) is 19.3 Å². The lowest BCUT2D eigenvalue weighted by Crippen LogP contribution is -2.68. The number of aromatic hydroxyl groups is 1. The van der Waals surface area contributed by atoms with E-state index in [-0.39, 0.29) is 36.3 Å². The molecule has 1 amide bonds. The summed E-state index contributed by atoms with van der Waals surface area (Å²) in [4.78, 5) is 43.3. The first-order valence-electron chi connectivity index (χ1n) is 12.6. The molecule has 3 aliphatic rings. The van der Waals surface area contributed by atoms with Crippen LogP contribution in [0.4, 0.5) is 5.69 Å². The van der Waals surface area contributed by atoms with E-state index < -0.39 is 57.5 Å². The Labute approximate surface area is 226 Å². The number of likely N-dealkylation sites (N-methyl/N-ethyl adjacent to an activating group) is 1. The molecule has 39 heavy (non-hydrogen) atoms. The number of aliphatic hydroxyl groups is 3. The Kier molecular flexibility index (Phi) is 7.28. The average molecular weight is 545 g/mol. The number of carbonyl (C=O) groups excluding carboxylic acids is 3. The van der Waals surface area contributed by atoms with E-state index in [2.05, 4.69) is 5.32 Å². The molecule has 12 heteroatoms. The summed E-state index contributed by atoms with van der Waals surface area (Å²) in [5.74, 6) is -6.22. The Bertz CT molecular complexity index is 1300. The summed E-state index contributed by atoms with van der Waals surface area (Å²) < 4.78 is 5.14. The van der Waals surface area contributed by atoms with Gasteiger partial charge in [-0.05, 0) is 44.6 Å². The maximum absolute atomic E-state index is 14.3. The van der Waals surface area contributed by atoms with Gasteiger partial charge in [0.15, 0.2) is 11.4 Å². The lowest BCUT2D eigenvalue weighted by atomic mass is 9.51. The minimum absolute atomic E-state index is 0.0265. The number of phenolic OH excluding ortho intramolecular Hbond substituents is 1. The Morgan fingerprint density at radius 1 is 1.18 bits per heavy atom. The van der Waals surface area contributed by atoms with E-state index in [1.165, 1.54) is 11.0 Å². The van der Waals surface area contributed by atoms with Gasteiger partial charge in [-0.1, -0.05) is 0 Å². The second-order valence-corrected chi connectivity index (χ2v) is 11.0. The summed E-state index contributed by atoms with van der Waals surface area (Å²) in [5, 5.41) is 48.7. The van der Waals surface area contributed by atoms with Crippen LogP contribution < -0.4 is 16.0 Å². The molecule has 0 aromatic heterocycles. The summed E-state index contributed by atoms with van der Waals surface area (Å²) >= 11 is 0. The molecule has 0 heterocycles. The number of methoxy groups -OCH3 is 1. The van der Waals surface area contributed by atoms with Crippen LogP contribution in [0.1, 0.15) is 17.5 Å². The number of primary amides is 1. The maximum atomic E-state index is 14.3. The number of rotatable bonds is 8. The first kappa shape index (κ1) is 28.6. The van der Waals surface area contributed by atoms with E-state index >= 15 is 0 Å². The van der Waals surface area contributed by atoms with Crippen molar-refractivity contribution < 1.29 is 39.5 Å². The van der Waals surface area contributed by atoms with E-state index in [1.54, 1.807) is 27.3 Å². The molecular weight excluding hydrogens is 508 g/mol. The van der Waals surface area contributed by atoms with Crippen LogP contribution >= 0.6 is 0 Å². The van der Waals surface area contributed by atoms with Gasteiger partial charge < -0.3 is 41.1 Å². The summed E-state index contributed by atoms with van der Waals surface area (Å²) in [6.07, 6.45) is 0.144. The van der Waals surface area contributed by atoms with Crippen molar-refractivity contribution in [3.8, 4) is 5.75 Å². The van der Waals surface area contributed by atoms with Crippen molar-refractivity contribution >= 4 is 28.9 Å². The summed E-state index contributed by atoms with van der Waals surface area (Å²) in [7, 11) is 8.31. The van der Waals surface area contributed by atoms with Crippen molar-refractivity contribution in [2.45, 2.75) is 24.5 Å². The molecule has 4 rings (SSSR count). The lowest BCUT2D eigenvalue weighted by molar-refractivity contribution is -0.157. The van der Waals surface area contributed by atoms with E-state index in [1.807, 2.05) is 19.0 Å². The molecule has 0 saturated heterocycles. The lowest BCUT2D eigenvalue weighted by Gasteiger charge is -2.55. The van der Waals surface area contributed by atoms with Gasteiger partial charge in [0.05, 0.1) is 18.2 Å². The molecule has 0 bridgehead atoms. The number of phenols is 1. The minimum Gasteiger partial charge on any atom is -0.508 e. The average Bonchev–Trinajstić information content (AvgIpc) is 2.83. The number of ether oxygens (including phenoxy) is 1. The normalized spacial score (nSPS) is 28.4. The molecular formula is C27H36N4O8. The van der Waals surface area contributed by atoms with Gasteiger partial charge in [-0.2, -0.15) is 0 Å². The Morgan fingerprint density at radius 2 is 1.85 bits per heavy atom. The van der Waals surface area contributed by atoms with Gasteiger partial charge >= 0.3 is 0 Å². The molecule has 3 aliphatic carbocycles. The third kappa shape index (κ3) is 4.09. The number of nitrogens with one attached hydrogen (secondary N) is 1. The van der Waals surface area contributed by atoms with Crippen molar-refractivity contribution in [3.05, 3.63) is 40.2 Å². The molecule has 0 unspecified atom stereocenters. The van der Waals surface area contributed by atoms with Crippen LogP contribution in [0.3, 0.4) is 0 Å². The number of hydrogen-bond acceptors (Lipinski definition) is 11. The Balaban J connectivity index is 2.04. The molecule has 12 nitrogen and oxygen atoms in total. The van der Waals surface area contributed by atoms with Crippen LogP contribution in [0.5, 0.6) is 5.75 Å². The van der Waals surface area contributed by atoms with Crippen LogP contribution in [0.2, 0.25) is 0 Å². The smallest absolute Gasteiger partial charge is 0.255 e. The predicted molar refractivity (Wildman–Crippen MR) is 142 cm³/mol. The molecule has 0 aliphatic heterocycles. The Morgan fingerprint density at radius 3 is 2.41 bits per heavy atom. The first-order chi connectivity index (χ1) is 18.2. The van der Waals surface area contributed by atoms with E-state index in [9.17, 15) is 34.8 Å². The molecule has 1 fully saturated rings. The van der Waals surface area contributed by atoms with Crippen molar-refractivity contribution in [2.75, 3.05) is 59.9 Å². The van der Waals surface area contributed by atoms with Crippen LogP contribution in [0.25, 0.3) is 5.76 Å². The van der Waals surface area contributed by atoms with Gasteiger partial charge in [-0.15, -0.1) is 0 Å². The molecule has 0 radical (unpaired) electrons. The van der Waals surface area contributed by atoms with Crippen LogP contribution in [-0.2, 0) is 25.5 Å². The highest BCUT2D eigenvalue weighted by Gasteiger charge is 2.67. The van der Waals surface area contributed by atoms with Crippen LogP contribution in [0.15, 0.2) is 29.0 Å².